The second-order valence-corrected chi connectivity index (χ2v) is 6.82. The molecule has 1 fully saturated rings. The van der Waals surface area contributed by atoms with E-state index in [1.54, 1.807) is 13.1 Å². The average molecular weight is 366 g/mol. The summed E-state index contributed by atoms with van der Waals surface area (Å²) in [6, 6.07) is 9.53. The van der Waals surface area contributed by atoms with Crippen molar-refractivity contribution in [2.75, 3.05) is 13.2 Å². The quantitative estimate of drug-likeness (QED) is 0.748. The number of furan rings is 1. The highest BCUT2D eigenvalue weighted by Crippen LogP contribution is 2.29. The molecule has 3 aromatic rings. The number of hydrogen-bond donors (Lipinski definition) is 1. The Balaban J connectivity index is 1.55. The van der Waals surface area contributed by atoms with E-state index in [0.717, 1.165) is 23.1 Å². The van der Waals surface area contributed by atoms with Gasteiger partial charge in [-0.25, -0.2) is 0 Å². The van der Waals surface area contributed by atoms with Gasteiger partial charge in [0, 0.05) is 29.4 Å². The smallest absolute Gasteiger partial charge is 0.255 e. The van der Waals surface area contributed by atoms with Crippen molar-refractivity contribution in [2.24, 2.45) is 0 Å². The largest absolute Gasteiger partial charge is 0.489 e. The molecule has 140 valence electrons. The molecule has 0 saturated carbocycles. The summed E-state index contributed by atoms with van der Waals surface area (Å²) in [6.07, 6.45) is 2.64. The minimum Gasteiger partial charge on any atom is -0.489 e. The Morgan fingerprint density at radius 2 is 2.19 bits per heavy atom. The zero-order chi connectivity index (χ0) is 18.8. The first kappa shape index (κ1) is 17.5. The van der Waals surface area contributed by atoms with Gasteiger partial charge in [0.2, 0.25) is 0 Å². The second-order valence-electron chi connectivity index (χ2n) is 6.82. The normalized spacial score (nSPS) is 16.6. The molecule has 1 aromatic carbocycles. The van der Waals surface area contributed by atoms with Gasteiger partial charge in [0.25, 0.3) is 5.91 Å². The van der Waals surface area contributed by atoms with Crippen LogP contribution in [0.2, 0.25) is 0 Å². The third-order valence-corrected chi connectivity index (χ3v) is 4.71. The maximum atomic E-state index is 12.7. The molecule has 4 rings (SSSR count). The zero-order valence-electron chi connectivity index (χ0n) is 15.5. The molecule has 3 heterocycles. The van der Waals surface area contributed by atoms with Gasteiger partial charge in [-0.1, -0.05) is 6.07 Å². The van der Waals surface area contributed by atoms with Crippen molar-refractivity contribution < 1.29 is 18.7 Å². The Hall–Kier alpha value is -2.86. The minimum absolute atomic E-state index is 0.0512. The van der Waals surface area contributed by atoms with Crippen LogP contribution in [0.3, 0.4) is 0 Å². The predicted molar refractivity (Wildman–Crippen MR) is 101 cm³/mol. The number of aryl methyl sites for hydroxylation is 2. The van der Waals surface area contributed by atoms with Gasteiger partial charge in [-0.2, -0.15) is 0 Å². The fraction of sp³-hybridized carbons (Fsp3) is 0.333. The molecular formula is C21H22N2O4. The molecule has 1 saturated heterocycles. The van der Waals surface area contributed by atoms with E-state index in [2.05, 4.69) is 10.3 Å². The molecule has 0 spiro atoms. The number of nitrogens with one attached hydrogen (secondary N) is 1. The van der Waals surface area contributed by atoms with Crippen molar-refractivity contribution in [3.63, 3.8) is 0 Å². The summed E-state index contributed by atoms with van der Waals surface area (Å²) in [5.74, 6) is 1.14. The number of carbonyl (C=O) groups is 1. The van der Waals surface area contributed by atoms with Crippen molar-refractivity contribution in [3.05, 3.63) is 59.1 Å². The number of pyridine rings is 1. The lowest BCUT2D eigenvalue weighted by Gasteiger charge is -2.10. The van der Waals surface area contributed by atoms with Crippen molar-refractivity contribution in [3.8, 4) is 5.75 Å². The lowest BCUT2D eigenvalue weighted by atomic mass is 10.1. The minimum atomic E-state index is -0.137. The number of fused-ring (bicyclic) bond motifs is 1. The Kier molecular flexibility index (Phi) is 4.81. The van der Waals surface area contributed by atoms with Crippen molar-refractivity contribution >= 4 is 16.9 Å². The third kappa shape index (κ3) is 3.80. The van der Waals surface area contributed by atoms with Gasteiger partial charge in [0.15, 0.2) is 0 Å². The highest BCUT2D eigenvalue weighted by molar-refractivity contribution is 6.07. The molecule has 0 bridgehead atoms. The standard InChI is InChI=1S/C21H22N2O4/c1-13-3-4-15(10-22-13)11-26-17-5-6-19-18(9-17)20(14(2)27-19)21(24)23-16-7-8-25-12-16/h3-6,9-10,16H,7-8,11-12H2,1-2H3,(H,23,24). The Bertz CT molecular complexity index is 956. The summed E-state index contributed by atoms with van der Waals surface area (Å²) >= 11 is 0. The van der Waals surface area contributed by atoms with Crippen molar-refractivity contribution in [2.45, 2.75) is 32.9 Å². The van der Waals surface area contributed by atoms with Crippen LogP contribution < -0.4 is 10.1 Å². The van der Waals surface area contributed by atoms with Crippen LogP contribution in [0.1, 0.15) is 33.8 Å². The molecule has 2 aromatic heterocycles. The number of benzene rings is 1. The van der Waals surface area contributed by atoms with Crippen LogP contribution in [0, 0.1) is 13.8 Å². The van der Waals surface area contributed by atoms with Gasteiger partial charge in [0.1, 0.15) is 23.7 Å². The molecule has 1 aliphatic heterocycles. The Morgan fingerprint density at radius 1 is 1.30 bits per heavy atom. The van der Waals surface area contributed by atoms with Crippen LogP contribution >= 0.6 is 0 Å². The van der Waals surface area contributed by atoms with Gasteiger partial charge in [-0.3, -0.25) is 9.78 Å². The van der Waals surface area contributed by atoms with Gasteiger partial charge in [0.05, 0.1) is 18.2 Å². The monoisotopic (exact) mass is 366 g/mol. The fourth-order valence-corrected chi connectivity index (χ4v) is 3.23. The summed E-state index contributed by atoms with van der Waals surface area (Å²) in [7, 11) is 0. The number of ether oxygens (including phenoxy) is 2. The molecular weight excluding hydrogens is 344 g/mol. The van der Waals surface area contributed by atoms with E-state index in [-0.39, 0.29) is 11.9 Å². The summed E-state index contributed by atoms with van der Waals surface area (Å²) in [4.78, 5) is 17.0. The first-order valence-corrected chi connectivity index (χ1v) is 9.06. The topological polar surface area (TPSA) is 73.6 Å². The van der Waals surface area contributed by atoms with Crippen LogP contribution in [0.25, 0.3) is 11.0 Å². The number of aromatic nitrogens is 1. The predicted octanol–water partition coefficient (Wildman–Crippen LogP) is 3.54. The highest BCUT2D eigenvalue weighted by Gasteiger charge is 2.23. The Labute approximate surface area is 157 Å². The van der Waals surface area contributed by atoms with E-state index in [0.29, 0.717) is 42.5 Å². The van der Waals surface area contributed by atoms with E-state index in [4.69, 9.17) is 13.9 Å². The van der Waals surface area contributed by atoms with Gasteiger partial charge >= 0.3 is 0 Å². The van der Waals surface area contributed by atoms with Gasteiger partial charge in [-0.05, 0) is 44.5 Å². The van der Waals surface area contributed by atoms with Crippen LogP contribution in [0.5, 0.6) is 5.75 Å². The lowest BCUT2D eigenvalue weighted by molar-refractivity contribution is 0.0930. The fourth-order valence-electron chi connectivity index (χ4n) is 3.23. The first-order valence-electron chi connectivity index (χ1n) is 9.06. The second kappa shape index (κ2) is 7.40. The maximum Gasteiger partial charge on any atom is 0.255 e. The van der Waals surface area contributed by atoms with Gasteiger partial charge in [-0.15, -0.1) is 0 Å². The molecule has 1 N–H and O–H groups in total. The lowest BCUT2D eigenvalue weighted by Crippen LogP contribution is -2.35. The molecule has 0 radical (unpaired) electrons. The Morgan fingerprint density at radius 3 is 2.93 bits per heavy atom. The number of carbonyl (C=O) groups excluding carboxylic acids is 1. The highest BCUT2D eigenvalue weighted by atomic mass is 16.5. The third-order valence-electron chi connectivity index (χ3n) is 4.71. The van der Waals surface area contributed by atoms with Crippen LogP contribution in [0.15, 0.2) is 40.9 Å². The molecule has 6 nitrogen and oxygen atoms in total. The van der Waals surface area contributed by atoms with E-state index >= 15 is 0 Å². The van der Waals surface area contributed by atoms with Crippen molar-refractivity contribution in [1.82, 2.24) is 10.3 Å². The van der Waals surface area contributed by atoms with E-state index in [1.165, 1.54) is 0 Å². The summed E-state index contributed by atoms with van der Waals surface area (Å²) < 4.78 is 17.0. The molecule has 6 heteroatoms. The van der Waals surface area contributed by atoms with Crippen LogP contribution in [-0.4, -0.2) is 30.1 Å². The van der Waals surface area contributed by atoms with Crippen LogP contribution in [-0.2, 0) is 11.3 Å². The van der Waals surface area contributed by atoms with Crippen LogP contribution in [0.4, 0.5) is 0 Å². The molecule has 27 heavy (non-hydrogen) atoms. The molecule has 1 atom stereocenters. The number of hydrogen-bond acceptors (Lipinski definition) is 5. The van der Waals surface area contributed by atoms with E-state index in [9.17, 15) is 4.79 Å². The summed E-state index contributed by atoms with van der Waals surface area (Å²) in [5.41, 5.74) is 3.18. The summed E-state index contributed by atoms with van der Waals surface area (Å²) in [5, 5.41) is 3.78. The maximum absolute atomic E-state index is 12.7. The zero-order valence-corrected chi connectivity index (χ0v) is 15.5. The van der Waals surface area contributed by atoms with E-state index < -0.39 is 0 Å². The van der Waals surface area contributed by atoms with Crippen molar-refractivity contribution in [1.29, 1.82) is 0 Å². The number of rotatable bonds is 5. The first-order chi connectivity index (χ1) is 13.1. The molecule has 1 amide bonds. The molecule has 1 aliphatic rings. The number of amides is 1. The summed E-state index contributed by atoms with van der Waals surface area (Å²) in [6.45, 7) is 5.40. The van der Waals surface area contributed by atoms with Gasteiger partial charge < -0.3 is 19.2 Å². The average Bonchev–Trinajstić information content (AvgIpc) is 3.27. The number of nitrogens with zero attached hydrogens (tertiary/aromatic N) is 1. The SMILES string of the molecule is Cc1ccc(COc2ccc3oc(C)c(C(=O)NC4CCOC4)c3c2)cn1. The molecule has 1 unspecified atom stereocenters. The molecule has 0 aliphatic carbocycles. The van der Waals surface area contributed by atoms with E-state index in [1.807, 2.05) is 37.3 Å².